The second-order valence-corrected chi connectivity index (χ2v) is 5.44. The summed E-state index contributed by atoms with van der Waals surface area (Å²) < 4.78 is 5.53. The summed E-state index contributed by atoms with van der Waals surface area (Å²) >= 11 is 0. The first-order valence-corrected chi connectivity index (χ1v) is 7.35. The van der Waals surface area contributed by atoms with Crippen LogP contribution in [0.2, 0.25) is 0 Å². The van der Waals surface area contributed by atoms with Crippen molar-refractivity contribution in [2.24, 2.45) is 0 Å². The van der Waals surface area contributed by atoms with Crippen LogP contribution in [0.5, 0.6) is 5.75 Å². The number of anilines is 1. The van der Waals surface area contributed by atoms with E-state index in [1.165, 1.54) is 5.56 Å². The number of rotatable bonds is 7. The quantitative estimate of drug-likeness (QED) is 0.815. The Morgan fingerprint density at radius 2 is 1.81 bits per heavy atom. The van der Waals surface area contributed by atoms with Gasteiger partial charge in [-0.15, -0.1) is 0 Å². The van der Waals surface area contributed by atoms with Crippen molar-refractivity contribution >= 4 is 5.69 Å². The minimum atomic E-state index is -0.548. The van der Waals surface area contributed by atoms with Gasteiger partial charge in [0.15, 0.2) is 0 Å². The van der Waals surface area contributed by atoms with Gasteiger partial charge in [0.1, 0.15) is 18.5 Å². The zero-order valence-corrected chi connectivity index (χ0v) is 12.6. The molecule has 0 aromatic heterocycles. The van der Waals surface area contributed by atoms with Crippen molar-refractivity contribution < 1.29 is 9.84 Å². The summed E-state index contributed by atoms with van der Waals surface area (Å²) in [6.07, 6.45) is -0.548. The Balaban J connectivity index is 1.78. The molecule has 0 spiro atoms. The van der Waals surface area contributed by atoms with Crippen molar-refractivity contribution in [3.05, 3.63) is 60.2 Å². The third-order valence-corrected chi connectivity index (χ3v) is 3.28. The molecule has 0 radical (unpaired) electrons. The van der Waals surface area contributed by atoms with Crippen molar-refractivity contribution in [3.63, 3.8) is 0 Å². The molecule has 1 atom stereocenters. The molecule has 3 nitrogen and oxygen atoms in total. The van der Waals surface area contributed by atoms with Gasteiger partial charge in [-0.1, -0.05) is 44.2 Å². The molecule has 112 valence electrons. The summed E-state index contributed by atoms with van der Waals surface area (Å²) in [6, 6.07) is 17.8. The van der Waals surface area contributed by atoms with Crippen molar-refractivity contribution in [2.75, 3.05) is 18.5 Å². The lowest BCUT2D eigenvalue weighted by Gasteiger charge is -2.15. The molecule has 1 unspecified atom stereocenters. The van der Waals surface area contributed by atoms with E-state index in [4.69, 9.17) is 4.74 Å². The maximum absolute atomic E-state index is 9.96. The van der Waals surface area contributed by atoms with E-state index < -0.39 is 6.10 Å². The van der Waals surface area contributed by atoms with Gasteiger partial charge in [-0.3, -0.25) is 0 Å². The van der Waals surface area contributed by atoms with Crippen LogP contribution in [-0.2, 0) is 0 Å². The Kier molecular flexibility index (Phi) is 5.64. The van der Waals surface area contributed by atoms with Crippen molar-refractivity contribution in [1.29, 1.82) is 0 Å². The molecule has 2 aromatic carbocycles. The molecule has 2 aromatic rings. The zero-order chi connectivity index (χ0) is 15.1. The molecule has 0 heterocycles. The van der Waals surface area contributed by atoms with Crippen molar-refractivity contribution in [3.8, 4) is 5.75 Å². The molecule has 0 saturated heterocycles. The molecule has 0 aliphatic rings. The molecular weight excluding hydrogens is 262 g/mol. The summed E-state index contributed by atoms with van der Waals surface area (Å²) in [6.45, 7) is 5.08. The smallest absolute Gasteiger partial charge is 0.119 e. The SMILES string of the molecule is CC(C)c1cccc(NCC(O)COc2ccccc2)c1. The minimum Gasteiger partial charge on any atom is -0.491 e. The first-order chi connectivity index (χ1) is 10.1. The topological polar surface area (TPSA) is 41.5 Å². The van der Waals surface area contributed by atoms with E-state index >= 15 is 0 Å². The highest BCUT2D eigenvalue weighted by Gasteiger charge is 2.06. The van der Waals surface area contributed by atoms with Gasteiger partial charge < -0.3 is 15.2 Å². The molecule has 21 heavy (non-hydrogen) atoms. The molecule has 0 fully saturated rings. The summed E-state index contributed by atoms with van der Waals surface area (Å²) in [4.78, 5) is 0. The highest BCUT2D eigenvalue weighted by Crippen LogP contribution is 2.18. The van der Waals surface area contributed by atoms with Gasteiger partial charge in [0, 0.05) is 12.2 Å². The van der Waals surface area contributed by atoms with Crippen LogP contribution in [0.15, 0.2) is 54.6 Å². The van der Waals surface area contributed by atoms with E-state index in [2.05, 4.69) is 31.3 Å². The second kappa shape index (κ2) is 7.70. The van der Waals surface area contributed by atoms with Gasteiger partial charge in [-0.25, -0.2) is 0 Å². The third kappa shape index (κ3) is 5.12. The Morgan fingerprint density at radius 1 is 1.05 bits per heavy atom. The predicted molar refractivity (Wildman–Crippen MR) is 87.0 cm³/mol. The van der Waals surface area contributed by atoms with Crippen LogP contribution in [0.25, 0.3) is 0 Å². The second-order valence-electron chi connectivity index (χ2n) is 5.44. The molecule has 0 saturated carbocycles. The number of benzene rings is 2. The Labute approximate surface area is 126 Å². The molecule has 0 bridgehead atoms. The number of hydrogen-bond donors (Lipinski definition) is 2. The normalized spacial score (nSPS) is 12.2. The fourth-order valence-corrected chi connectivity index (χ4v) is 2.01. The average Bonchev–Trinajstić information content (AvgIpc) is 2.52. The Hall–Kier alpha value is -2.00. The van der Waals surface area contributed by atoms with Crippen LogP contribution in [0.1, 0.15) is 25.3 Å². The van der Waals surface area contributed by atoms with Crippen LogP contribution in [-0.4, -0.2) is 24.4 Å². The molecule has 2 rings (SSSR count). The van der Waals surface area contributed by atoms with E-state index in [-0.39, 0.29) is 6.61 Å². The lowest BCUT2D eigenvalue weighted by Crippen LogP contribution is -2.26. The van der Waals surface area contributed by atoms with E-state index in [1.807, 2.05) is 42.5 Å². The standard InChI is InChI=1S/C18H23NO2/c1-14(2)15-7-6-8-16(11-15)19-12-17(20)13-21-18-9-4-3-5-10-18/h3-11,14,17,19-20H,12-13H2,1-2H3. The van der Waals surface area contributed by atoms with Gasteiger partial charge in [0.05, 0.1) is 0 Å². The highest BCUT2D eigenvalue weighted by atomic mass is 16.5. The third-order valence-electron chi connectivity index (χ3n) is 3.28. The lowest BCUT2D eigenvalue weighted by atomic mass is 10.0. The average molecular weight is 285 g/mol. The van der Waals surface area contributed by atoms with Crippen LogP contribution >= 0.6 is 0 Å². The number of aliphatic hydroxyl groups is 1. The van der Waals surface area contributed by atoms with Crippen LogP contribution < -0.4 is 10.1 Å². The number of nitrogens with one attached hydrogen (secondary N) is 1. The van der Waals surface area contributed by atoms with Crippen LogP contribution in [0, 0.1) is 0 Å². The largest absolute Gasteiger partial charge is 0.491 e. The first kappa shape index (κ1) is 15.4. The highest BCUT2D eigenvalue weighted by molar-refractivity contribution is 5.46. The van der Waals surface area contributed by atoms with Crippen LogP contribution in [0.4, 0.5) is 5.69 Å². The van der Waals surface area contributed by atoms with Gasteiger partial charge in [-0.05, 0) is 35.7 Å². The lowest BCUT2D eigenvalue weighted by molar-refractivity contribution is 0.117. The monoisotopic (exact) mass is 285 g/mol. The van der Waals surface area contributed by atoms with Crippen molar-refractivity contribution in [1.82, 2.24) is 0 Å². The van der Waals surface area contributed by atoms with Gasteiger partial charge in [-0.2, -0.15) is 0 Å². The Bertz CT molecular complexity index is 540. The molecule has 0 amide bonds. The maximum Gasteiger partial charge on any atom is 0.119 e. The van der Waals surface area contributed by atoms with E-state index in [1.54, 1.807) is 0 Å². The fourth-order valence-electron chi connectivity index (χ4n) is 2.01. The fraction of sp³-hybridized carbons (Fsp3) is 0.333. The van der Waals surface area contributed by atoms with Crippen molar-refractivity contribution in [2.45, 2.75) is 25.9 Å². The molecule has 2 N–H and O–H groups in total. The van der Waals surface area contributed by atoms with Gasteiger partial charge >= 0.3 is 0 Å². The summed E-state index contributed by atoms with van der Waals surface area (Å²) in [5, 5.41) is 13.2. The maximum atomic E-state index is 9.96. The summed E-state index contributed by atoms with van der Waals surface area (Å²) in [5.41, 5.74) is 2.31. The van der Waals surface area contributed by atoms with E-state index in [0.29, 0.717) is 12.5 Å². The zero-order valence-electron chi connectivity index (χ0n) is 12.6. The Morgan fingerprint density at radius 3 is 2.52 bits per heavy atom. The van der Waals surface area contributed by atoms with E-state index in [9.17, 15) is 5.11 Å². The predicted octanol–water partition coefficient (Wildman–Crippen LogP) is 3.66. The molecular formula is C18H23NO2. The summed E-state index contributed by atoms with van der Waals surface area (Å²) in [7, 11) is 0. The number of hydrogen-bond acceptors (Lipinski definition) is 3. The van der Waals surface area contributed by atoms with E-state index in [0.717, 1.165) is 11.4 Å². The number of ether oxygens (including phenoxy) is 1. The van der Waals surface area contributed by atoms with Gasteiger partial charge in [0.25, 0.3) is 0 Å². The molecule has 0 aliphatic heterocycles. The minimum absolute atomic E-state index is 0.279. The summed E-state index contributed by atoms with van der Waals surface area (Å²) in [5.74, 6) is 1.27. The van der Waals surface area contributed by atoms with Gasteiger partial charge in [0.2, 0.25) is 0 Å². The first-order valence-electron chi connectivity index (χ1n) is 7.35. The molecule has 3 heteroatoms. The number of para-hydroxylation sites is 1. The molecule has 0 aliphatic carbocycles. The number of aliphatic hydroxyl groups excluding tert-OH is 1. The van der Waals surface area contributed by atoms with Crippen LogP contribution in [0.3, 0.4) is 0 Å².